The van der Waals surface area contributed by atoms with Crippen molar-refractivity contribution in [3.8, 4) is 0 Å². The molecule has 0 radical (unpaired) electrons. The maximum absolute atomic E-state index is 5.99. The molecule has 1 rings (SSSR count). The van der Waals surface area contributed by atoms with Crippen molar-refractivity contribution in [1.29, 1.82) is 0 Å². The third kappa shape index (κ3) is 3.76. The lowest BCUT2D eigenvalue weighted by Crippen LogP contribution is -2.53. The monoisotopic (exact) mass is 212 g/mol. The average Bonchev–Trinajstić information content (AvgIpc) is 2.97. The maximum Gasteiger partial charge on any atom is 0.0306 e. The first kappa shape index (κ1) is 13.0. The lowest BCUT2D eigenvalue weighted by molar-refractivity contribution is 0.0885. The Kier molecular flexibility index (Phi) is 4.60. The van der Waals surface area contributed by atoms with Crippen molar-refractivity contribution < 1.29 is 0 Å². The Balaban J connectivity index is 2.57. The van der Waals surface area contributed by atoms with Gasteiger partial charge in [0.15, 0.2) is 0 Å². The zero-order valence-corrected chi connectivity index (χ0v) is 10.9. The van der Waals surface area contributed by atoms with Gasteiger partial charge in [-0.05, 0) is 31.7 Å². The molecule has 0 aromatic rings. The van der Waals surface area contributed by atoms with Crippen molar-refractivity contribution in [2.24, 2.45) is 17.6 Å². The van der Waals surface area contributed by atoms with Crippen molar-refractivity contribution in [1.82, 2.24) is 4.90 Å². The largest absolute Gasteiger partial charge is 0.329 e. The molecule has 1 aliphatic carbocycles. The van der Waals surface area contributed by atoms with Crippen LogP contribution < -0.4 is 5.73 Å². The number of nitrogens with zero attached hydrogens (tertiary/aromatic N) is 1. The molecule has 0 saturated heterocycles. The molecular formula is C13H28N2. The number of hydrogen-bond donors (Lipinski definition) is 1. The van der Waals surface area contributed by atoms with Crippen LogP contribution in [0.1, 0.15) is 47.0 Å². The van der Waals surface area contributed by atoms with Gasteiger partial charge in [-0.2, -0.15) is 0 Å². The van der Waals surface area contributed by atoms with Crippen LogP contribution >= 0.6 is 0 Å². The topological polar surface area (TPSA) is 29.3 Å². The van der Waals surface area contributed by atoms with Gasteiger partial charge in [-0.3, -0.25) is 4.90 Å². The molecule has 2 heteroatoms. The van der Waals surface area contributed by atoms with Crippen LogP contribution in [0.2, 0.25) is 0 Å². The zero-order valence-electron chi connectivity index (χ0n) is 10.9. The number of likely N-dealkylation sites (N-methyl/N-ethyl adjacent to an activating group) is 1. The van der Waals surface area contributed by atoms with E-state index in [0.717, 1.165) is 24.9 Å². The Labute approximate surface area is 95.2 Å². The van der Waals surface area contributed by atoms with Crippen molar-refractivity contribution in [2.45, 2.75) is 52.5 Å². The molecule has 0 bridgehead atoms. The predicted octanol–water partition coefficient (Wildman–Crippen LogP) is 2.48. The molecule has 15 heavy (non-hydrogen) atoms. The molecule has 0 aromatic carbocycles. The van der Waals surface area contributed by atoms with Gasteiger partial charge >= 0.3 is 0 Å². The van der Waals surface area contributed by atoms with Crippen molar-refractivity contribution >= 4 is 0 Å². The van der Waals surface area contributed by atoms with E-state index in [1.807, 2.05) is 0 Å². The van der Waals surface area contributed by atoms with Crippen LogP contribution in [-0.4, -0.2) is 30.1 Å². The highest BCUT2D eigenvalue weighted by molar-refractivity contribution is 4.92. The summed E-state index contributed by atoms with van der Waals surface area (Å²) in [6.07, 6.45) is 4.15. The molecular weight excluding hydrogens is 184 g/mol. The van der Waals surface area contributed by atoms with Crippen molar-refractivity contribution in [3.05, 3.63) is 0 Å². The highest BCUT2D eigenvalue weighted by Crippen LogP contribution is 2.38. The second-order valence-corrected chi connectivity index (χ2v) is 5.78. The van der Waals surface area contributed by atoms with E-state index in [-0.39, 0.29) is 5.54 Å². The summed E-state index contributed by atoms with van der Waals surface area (Å²) in [6.45, 7) is 12.3. The number of nitrogens with two attached hydrogens (primary N) is 1. The van der Waals surface area contributed by atoms with E-state index < -0.39 is 0 Å². The quantitative estimate of drug-likeness (QED) is 0.702. The Hall–Kier alpha value is -0.0800. The first-order valence-electron chi connectivity index (χ1n) is 6.47. The highest BCUT2D eigenvalue weighted by atomic mass is 15.2. The van der Waals surface area contributed by atoms with Crippen LogP contribution in [0.3, 0.4) is 0 Å². The Morgan fingerprint density at radius 3 is 2.33 bits per heavy atom. The van der Waals surface area contributed by atoms with E-state index in [1.54, 1.807) is 0 Å². The van der Waals surface area contributed by atoms with E-state index in [9.17, 15) is 0 Å². The van der Waals surface area contributed by atoms with Crippen LogP contribution in [-0.2, 0) is 0 Å². The third-order valence-corrected chi connectivity index (χ3v) is 3.60. The lowest BCUT2D eigenvalue weighted by Gasteiger charge is -2.41. The fourth-order valence-electron chi connectivity index (χ4n) is 2.46. The molecule has 0 heterocycles. The summed E-state index contributed by atoms with van der Waals surface area (Å²) >= 11 is 0. The van der Waals surface area contributed by atoms with Gasteiger partial charge in [-0.1, -0.05) is 33.6 Å². The summed E-state index contributed by atoms with van der Waals surface area (Å²) in [5, 5.41) is 0. The average molecular weight is 212 g/mol. The minimum Gasteiger partial charge on any atom is -0.329 e. The smallest absolute Gasteiger partial charge is 0.0306 e. The van der Waals surface area contributed by atoms with Crippen LogP contribution in [0.15, 0.2) is 0 Å². The molecule has 1 fully saturated rings. The first-order valence-corrected chi connectivity index (χ1v) is 6.47. The van der Waals surface area contributed by atoms with Crippen LogP contribution in [0.25, 0.3) is 0 Å². The summed E-state index contributed by atoms with van der Waals surface area (Å²) in [7, 11) is 0. The van der Waals surface area contributed by atoms with E-state index in [2.05, 4.69) is 32.6 Å². The van der Waals surface area contributed by atoms with E-state index in [0.29, 0.717) is 0 Å². The van der Waals surface area contributed by atoms with Crippen molar-refractivity contribution in [2.75, 3.05) is 19.6 Å². The Bertz CT molecular complexity index is 187. The molecule has 2 N–H and O–H groups in total. The maximum atomic E-state index is 5.99. The summed E-state index contributed by atoms with van der Waals surface area (Å²) in [5.74, 6) is 1.69. The van der Waals surface area contributed by atoms with Crippen LogP contribution in [0, 0.1) is 11.8 Å². The summed E-state index contributed by atoms with van der Waals surface area (Å²) < 4.78 is 0. The summed E-state index contributed by atoms with van der Waals surface area (Å²) in [4.78, 5) is 2.58. The highest BCUT2D eigenvalue weighted by Gasteiger charge is 2.36. The van der Waals surface area contributed by atoms with E-state index in [1.165, 1.54) is 25.8 Å². The second-order valence-electron chi connectivity index (χ2n) is 5.78. The molecule has 1 atom stereocenters. The van der Waals surface area contributed by atoms with Crippen LogP contribution in [0.5, 0.6) is 0 Å². The molecule has 1 unspecified atom stereocenters. The Morgan fingerprint density at radius 1 is 1.40 bits per heavy atom. The zero-order chi connectivity index (χ0) is 11.5. The van der Waals surface area contributed by atoms with Gasteiger partial charge in [-0.15, -0.1) is 0 Å². The summed E-state index contributed by atoms with van der Waals surface area (Å²) in [5.41, 5.74) is 6.23. The van der Waals surface area contributed by atoms with Gasteiger partial charge in [-0.25, -0.2) is 0 Å². The number of rotatable bonds is 7. The standard InChI is InChI=1S/C13H28N2/c1-5-15(9-11(2)3)13(4,10-14)8-12-6-7-12/h11-12H,5-10,14H2,1-4H3. The van der Waals surface area contributed by atoms with Gasteiger partial charge in [0.1, 0.15) is 0 Å². The van der Waals surface area contributed by atoms with E-state index in [4.69, 9.17) is 5.73 Å². The second kappa shape index (κ2) is 5.31. The van der Waals surface area contributed by atoms with Gasteiger partial charge in [0.05, 0.1) is 0 Å². The predicted molar refractivity (Wildman–Crippen MR) is 66.9 cm³/mol. The van der Waals surface area contributed by atoms with E-state index >= 15 is 0 Å². The van der Waals surface area contributed by atoms with Gasteiger partial charge in [0, 0.05) is 18.6 Å². The van der Waals surface area contributed by atoms with Crippen molar-refractivity contribution in [3.63, 3.8) is 0 Å². The number of hydrogen-bond acceptors (Lipinski definition) is 2. The minimum atomic E-state index is 0.236. The molecule has 1 saturated carbocycles. The molecule has 90 valence electrons. The normalized spacial score (nSPS) is 21.0. The van der Waals surface area contributed by atoms with Gasteiger partial charge < -0.3 is 5.73 Å². The van der Waals surface area contributed by atoms with Gasteiger partial charge in [0.2, 0.25) is 0 Å². The SMILES string of the molecule is CCN(CC(C)C)C(C)(CN)CC1CC1. The molecule has 1 aliphatic rings. The van der Waals surface area contributed by atoms with Gasteiger partial charge in [0.25, 0.3) is 0 Å². The molecule has 0 aliphatic heterocycles. The Morgan fingerprint density at radius 2 is 2.00 bits per heavy atom. The lowest BCUT2D eigenvalue weighted by atomic mass is 9.91. The molecule has 2 nitrogen and oxygen atoms in total. The fraction of sp³-hybridized carbons (Fsp3) is 1.00. The molecule has 0 spiro atoms. The third-order valence-electron chi connectivity index (χ3n) is 3.60. The van der Waals surface area contributed by atoms with Crippen LogP contribution in [0.4, 0.5) is 0 Å². The summed E-state index contributed by atoms with van der Waals surface area (Å²) in [6, 6.07) is 0. The molecule has 0 aromatic heterocycles. The fourth-order valence-corrected chi connectivity index (χ4v) is 2.46. The first-order chi connectivity index (χ1) is 7.01. The molecule has 0 amide bonds. The minimum absolute atomic E-state index is 0.236.